The largest absolute Gasteiger partial charge is 3.00 e. The molecule has 4 aromatic carbocycles. The number of aryl methyl sites for hydroxylation is 2. The SMILES string of the molecule is [2H]C([2H])(C)[n+]1[c-]n(-c2[c-]cccc2)c2ccccc21.[2H]C([2H])([2H])c1cc(-c2[c-]ccc3c2oc2ccccc23)ncc1[Si](C)(C)C.[Ir+3]. The smallest absolute Gasteiger partial charge is 0.501 e. The van der Waals surface area contributed by atoms with Crippen molar-refractivity contribution < 1.29 is 35.9 Å². The van der Waals surface area contributed by atoms with Crippen molar-refractivity contribution >= 4 is 46.2 Å². The van der Waals surface area contributed by atoms with Crippen LogP contribution in [0.4, 0.5) is 0 Å². The van der Waals surface area contributed by atoms with E-state index in [1.807, 2.05) is 89.5 Å². The third-order valence-electron chi connectivity index (χ3n) is 7.03. The summed E-state index contributed by atoms with van der Waals surface area (Å²) in [6.45, 7) is 4.23. The molecule has 0 unspecified atom stereocenters. The van der Waals surface area contributed by atoms with Gasteiger partial charge in [-0.3, -0.25) is 0 Å². The first-order valence-corrected chi connectivity index (χ1v) is 17.0. The fourth-order valence-corrected chi connectivity index (χ4v) is 6.33. The van der Waals surface area contributed by atoms with E-state index >= 15 is 0 Å². The van der Waals surface area contributed by atoms with E-state index < -0.39 is 21.4 Å². The summed E-state index contributed by atoms with van der Waals surface area (Å²) < 4.78 is 49.2. The molecule has 0 bridgehead atoms. The Hall–Kier alpha value is -3.83. The van der Waals surface area contributed by atoms with Crippen LogP contribution in [0.1, 0.15) is 19.3 Å². The maximum absolute atomic E-state index is 8.00. The molecule has 210 valence electrons. The van der Waals surface area contributed by atoms with Crippen molar-refractivity contribution in [2.75, 3.05) is 0 Å². The van der Waals surface area contributed by atoms with E-state index in [9.17, 15) is 0 Å². The number of furan rings is 1. The Bertz CT molecular complexity index is 2180. The summed E-state index contributed by atoms with van der Waals surface area (Å²) in [5.41, 5.74) is 5.70. The first kappa shape index (κ1) is 23.7. The molecule has 0 spiro atoms. The Morgan fingerprint density at radius 1 is 0.952 bits per heavy atom. The molecule has 3 aromatic heterocycles. The predicted octanol–water partition coefficient (Wildman–Crippen LogP) is 7.84. The minimum atomic E-state index is -2.19. The number of nitrogens with zero attached hydrogens (tertiary/aromatic N) is 3. The van der Waals surface area contributed by atoms with Crippen LogP contribution in [0.3, 0.4) is 0 Å². The van der Waals surface area contributed by atoms with Gasteiger partial charge in [-0.1, -0.05) is 90.4 Å². The summed E-state index contributed by atoms with van der Waals surface area (Å²) >= 11 is 0. The van der Waals surface area contributed by atoms with Crippen molar-refractivity contribution in [3.05, 3.63) is 121 Å². The number of imidazole rings is 1. The third kappa shape index (κ3) is 5.63. The molecule has 4 nitrogen and oxygen atoms in total. The second-order valence-corrected chi connectivity index (χ2v) is 15.8. The van der Waals surface area contributed by atoms with Gasteiger partial charge in [0.15, 0.2) is 0 Å². The third-order valence-corrected chi connectivity index (χ3v) is 9.04. The molecule has 0 N–H and O–H groups in total. The van der Waals surface area contributed by atoms with Crippen molar-refractivity contribution in [3.8, 4) is 16.9 Å². The molecule has 0 aliphatic heterocycles. The molecule has 0 saturated heterocycles. The van der Waals surface area contributed by atoms with E-state index in [1.54, 1.807) is 12.3 Å². The second kappa shape index (κ2) is 12.2. The maximum atomic E-state index is 8.00. The Kier molecular flexibility index (Phi) is 6.87. The van der Waals surface area contributed by atoms with Gasteiger partial charge < -0.3 is 18.5 Å². The summed E-state index contributed by atoms with van der Waals surface area (Å²) in [5, 5.41) is 2.87. The van der Waals surface area contributed by atoms with Gasteiger partial charge in [-0.15, -0.1) is 18.2 Å². The van der Waals surface area contributed by atoms with Crippen LogP contribution in [0.15, 0.2) is 102 Å². The number of rotatable bonds is 4. The molecule has 0 fully saturated rings. The van der Waals surface area contributed by atoms with Gasteiger partial charge in [-0.25, -0.2) is 0 Å². The van der Waals surface area contributed by atoms with Gasteiger partial charge in [0.1, 0.15) is 5.58 Å². The standard InChI is InChI=1S/C21H20NOSi.C15H13N2.Ir/c1-14-12-18(22-13-20(14)24(2,3)4)17-10-7-9-16-15-8-5-6-11-19(15)23-21(16)17;1-2-16-12-17(13-8-4-3-5-9-13)15-11-7-6-10-14(15)16;/h5-9,11-13H,1-4H3;3-8,10-11H,2H2,1H3;/q2*-1;+3/i1D3;2D2;. The van der Waals surface area contributed by atoms with Crippen LogP contribution in [0, 0.1) is 25.3 Å². The topological polar surface area (TPSA) is 34.8 Å². The number of fused-ring (bicyclic) bond motifs is 4. The van der Waals surface area contributed by atoms with E-state index in [0.29, 0.717) is 22.4 Å². The summed E-state index contributed by atoms with van der Waals surface area (Å²) in [6.07, 6.45) is 4.81. The summed E-state index contributed by atoms with van der Waals surface area (Å²) in [7, 11) is -1.85. The zero-order valence-electron chi connectivity index (χ0n) is 28.8. The number of pyridine rings is 1. The van der Waals surface area contributed by atoms with Crippen molar-refractivity contribution in [2.24, 2.45) is 0 Å². The van der Waals surface area contributed by atoms with E-state index in [4.69, 9.17) is 11.3 Å². The summed E-state index contributed by atoms with van der Waals surface area (Å²) in [5.74, 6) is 0. The van der Waals surface area contributed by atoms with Crippen molar-refractivity contribution in [3.63, 3.8) is 0 Å². The normalized spacial score (nSPS) is 13.8. The minimum Gasteiger partial charge on any atom is -0.501 e. The first-order valence-electron chi connectivity index (χ1n) is 16.0. The maximum Gasteiger partial charge on any atom is 3.00 e. The number of para-hydroxylation sites is 4. The molecule has 0 amide bonds. The molecule has 3 heterocycles. The average Bonchev–Trinajstić information content (AvgIpc) is 3.60. The van der Waals surface area contributed by atoms with Crippen LogP contribution >= 0.6 is 0 Å². The van der Waals surface area contributed by atoms with E-state index in [1.165, 1.54) is 11.5 Å². The summed E-state index contributed by atoms with van der Waals surface area (Å²) in [4.78, 5) is 4.60. The fourth-order valence-electron chi connectivity index (χ4n) is 5.00. The van der Waals surface area contributed by atoms with Crippen molar-refractivity contribution in [2.45, 2.75) is 39.9 Å². The Balaban J connectivity index is 0.000000191. The molecule has 0 atom stereocenters. The van der Waals surface area contributed by atoms with Gasteiger partial charge in [-0.2, -0.15) is 30.3 Å². The quantitative estimate of drug-likeness (QED) is 0.105. The molecular formula is C36H33IrN3OSi+. The molecule has 42 heavy (non-hydrogen) atoms. The van der Waals surface area contributed by atoms with Crippen LogP contribution in [0.25, 0.3) is 49.9 Å². The number of aromatic nitrogens is 3. The van der Waals surface area contributed by atoms with Crippen LogP contribution in [0.5, 0.6) is 0 Å². The monoisotopic (exact) mass is 749 g/mol. The van der Waals surface area contributed by atoms with Crippen LogP contribution in [-0.4, -0.2) is 17.6 Å². The Morgan fingerprint density at radius 3 is 2.50 bits per heavy atom. The molecule has 7 aromatic rings. The number of benzene rings is 4. The second-order valence-electron chi connectivity index (χ2n) is 10.8. The van der Waals surface area contributed by atoms with Gasteiger partial charge in [0.05, 0.1) is 33.9 Å². The molecule has 7 rings (SSSR count). The first-order chi connectivity index (χ1) is 21.7. The molecule has 0 aliphatic rings. The predicted molar refractivity (Wildman–Crippen MR) is 170 cm³/mol. The van der Waals surface area contributed by atoms with Crippen LogP contribution < -0.4 is 9.75 Å². The van der Waals surface area contributed by atoms with Gasteiger partial charge in [-0.05, 0) is 30.7 Å². The van der Waals surface area contributed by atoms with E-state index in [2.05, 4.69) is 43.1 Å². The van der Waals surface area contributed by atoms with Crippen molar-refractivity contribution in [1.82, 2.24) is 9.55 Å². The zero-order valence-corrected chi connectivity index (χ0v) is 27.2. The van der Waals surface area contributed by atoms with Crippen molar-refractivity contribution in [1.29, 1.82) is 0 Å². The number of hydrogen-bond donors (Lipinski definition) is 0. The molecule has 0 saturated carbocycles. The van der Waals surface area contributed by atoms with Gasteiger partial charge >= 0.3 is 20.1 Å². The van der Waals surface area contributed by atoms with Crippen LogP contribution in [0.2, 0.25) is 19.6 Å². The zero-order chi connectivity index (χ0) is 32.9. The van der Waals surface area contributed by atoms with Gasteiger partial charge in [0, 0.05) is 15.7 Å². The minimum absolute atomic E-state index is 0. The van der Waals surface area contributed by atoms with E-state index in [0.717, 1.165) is 38.3 Å². The Morgan fingerprint density at radius 2 is 1.74 bits per heavy atom. The van der Waals surface area contributed by atoms with Crippen LogP contribution in [-0.2, 0) is 26.6 Å². The summed E-state index contributed by atoms with van der Waals surface area (Å²) in [6, 6.07) is 35.0. The van der Waals surface area contributed by atoms with Gasteiger partial charge in [0.25, 0.3) is 0 Å². The van der Waals surface area contributed by atoms with E-state index in [-0.39, 0.29) is 20.1 Å². The molecule has 0 radical (unpaired) electrons. The average molecular weight is 749 g/mol. The molecule has 0 aliphatic carbocycles. The number of hydrogen-bond acceptors (Lipinski definition) is 2. The van der Waals surface area contributed by atoms with Gasteiger partial charge in [0.2, 0.25) is 6.33 Å². The fraction of sp³-hybridized carbons (Fsp3) is 0.167. The molecular weight excluding hydrogens is 711 g/mol. The Labute approximate surface area is 269 Å². The molecule has 6 heteroatoms.